The number of nitrogens with one attached hydrogen (secondary N) is 1. The molecule has 1 N–H and O–H groups in total. The minimum absolute atomic E-state index is 0.651. The first-order valence-electron chi connectivity index (χ1n) is 7.79. The zero-order valence-corrected chi connectivity index (χ0v) is 13.4. The zero-order valence-electron chi connectivity index (χ0n) is 13.4. The Morgan fingerprint density at radius 2 is 1.83 bits per heavy atom. The first-order chi connectivity index (χ1) is 8.38. The summed E-state index contributed by atoms with van der Waals surface area (Å²) in [5, 5.41) is 3.96. The van der Waals surface area contributed by atoms with E-state index in [0.717, 1.165) is 30.3 Å². The topological polar surface area (TPSA) is 15.3 Å². The highest BCUT2D eigenvalue weighted by Crippen LogP contribution is 2.29. The molecule has 18 heavy (non-hydrogen) atoms. The van der Waals surface area contributed by atoms with Crippen LogP contribution in [0.1, 0.15) is 53.4 Å². The Bertz CT molecular complexity index is 215. The molecule has 2 heteroatoms. The second-order valence-corrected chi connectivity index (χ2v) is 7.26. The van der Waals surface area contributed by atoms with Crippen molar-refractivity contribution in [3.05, 3.63) is 0 Å². The SMILES string of the molecule is CC(C)CC(CN(C)C)NC1CC(C)CCC1C. The van der Waals surface area contributed by atoms with Crippen molar-refractivity contribution in [3.63, 3.8) is 0 Å². The fraction of sp³-hybridized carbons (Fsp3) is 1.00. The average Bonchev–Trinajstić information content (AvgIpc) is 2.21. The van der Waals surface area contributed by atoms with Crippen LogP contribution in [0.3, 0.4) is 0 Å². The lowest BCUT2D eigenvalue weighted by Gasteiger charge is -2.37. The molecule has 1 aliphatic carbocycles. The fourth-order valence-corrected chi connectivity index (χ4v) is 3.27. The van der Waals surface area contributed by atoms with Crippen LogP contribution in [0.15, 0.2) is 0 Å². The summed E-state index contributed by atoms with van der Waals surface area (Å²) in [6.07, 6.45) is 5.47. The molecule has 0 amide bonds. The summed E-state index contributed by atoms with van der Waals surface area (Å²) >= 11 is 0. The van der Waals surface area contributed by atoms with E-state index in [1.807, 2.05) is 0 Å². The van der Waals surface area contributed by atoms with Gasteiger partial charge in [-0.25, -0.2) is 0 Å². The van der Waals surface area contributed by atoms with Crippen LogP contribution < -0.4 is 5.32 Å². The molecule has 1 rings (SSSR count). The van der Waals surface area contributed by atoms with Crippen molar-refractivity contribution in [3.8, 4) is 0 Å². The van der Waals surface area contributed by atoms with E-state index in [0.29, 0.717) is 6.04 Å². The molecule has 1 aliphatic rings. The van der Waals surface area contributed by atoms with Gasteiger partial charge in [-0.2, -0.15) is 0 Å². The summed E-state index contributed by atoms with van der Waals surface area (Å²) in [6, 6.07) is 1.38. The van der Waals surface area contributed by atoms with Gasteiger partial charge in [0.25, 0.3) is 0 Å². The van der Waals surface area contributed by atoms with Crippen molar-refractivity contribution in [1.82, 2.24) is 10.2 Å². The van der Waals surface area contributed by atoms with E-state index in [1.165, 1.54) is 25.7 Å². The predicted octanol–water partition coefficient (Wildman–Crippen LogP) is 3.38. The maximum atomic E-state index is 3.96. The molecule has 0 aliphatic heterocycles. The van der Waals surface area contributed by atoms with Gasteiger partial charge in [0.05, 0.1) is 0 Å². The molecular weight excluding hydrogens is 220 g/mol. The van der Waals surface area contributed by atoms with Crippen molar-refractivity contribution in [2.24, 2.45) is 17.8 Å². The maximum Gasteiger partial charge on any atom is 0.0199 e. The molecule has 4 unspecified atom stereocenters. The highest BCUT2D eigenvalue weighted by atomic mass is 15.1. The van der Waals surface area contributed by atoms with Crippen molar-refractivity contribution >= 4 is 0 Å². The van der Waals surface area contributed by atoms with Gasteiger partial charge in [-0.15, -0.1) is 0 Å². The fourth-order valence-electron chi connectivity index (χ4n) is 3.27. The number of hydrogen-bond acceptors (Lipinski definition) is 2. The van der Waals surface area contributed by atoms with Crippen LogP contribution in [0.2, 0.25) is 0 Å². The summed E-state index contributed by atoms with van der Waals surface area (Å²) in [4.78, 5) is 2.32. The zero-order chi connectivity index (χ0) is 13.7. The van der Waals surface area contributed by atoms with Crippen LogP contribution in [-0.4, -0.2) is 37.6 Å². The average molecular weight is 254 g/mol. The van der Waals surface area contributed by atoms with Crippen molar-refractivity contribution < 1.29 is 0 Å². The number of likely N-dealkylation sites (N-methyl/N-ethyl adjacent to an activating group) is 1. The molecule has 0 spiro atoms. The highest BCUT2D eigenvalue weighted by molar-refractivity contribution is 4.85. The number of rotatable bonds is 6. The lowest BCUT2D eigenvalue weighted by molar-refractivity contribution is 0.190. The standard InChI is InChI=1S/C16H34N2/c1-12(2)9-15(11-18(5)6)17-16-10-13(3)7-8-14(16)4/h12-17H,7-11H2,1-6H3. The molecule has 0 aromatic rings. The molecule has 2 nitrogen and oxygen atoms in total. The Labute approximate surface area is 115 Å². The van der Waals surface area contributed by atoms with E-state index in [9.17, 15) is 0 Å². The van der Waals surface area contributed by atoms with E-state index in [1.54, 1.807) is 0 Å². The molecule has 0 heterocycles. The van der Waals surface area contributed by atoms with Gasteiger partial charge in [0.15, 0.2) is 0 Å². The summed E-state index contributed by atoms with van der Waals surface area (Å²) in [7, 11) is 4.36. The van der Waals surface area contributed by atoms with Gasteiger partial charge in [0, 0.05) is 18.6 Å². The second-order valence-electron chi connectivity index (χ2n) is 7.26. The first kappa shape index (κ1) is 16.0. The third kappa shape index (κ3) is 5.71. The summed E-state index contributed by atoms with van der Waals surface area (Å²) in [5.41, 5.74) is 0. The van der Waals surface area contributed by atoms with E-state index in [-0.39, 0.29) is 0 Å². The summed E-state index contributed by atoms with van der Waals surface area (Å²) < 4.78 is 0. The van der Waals surface area contributed by atoms with Crippen LogP contribution in [-0.2, 0) is 0 Å². The van der Waals surface area contributed by atoms with Crippen LogP contribution in [0, 0.1) is 17.8 Å². The van der Waals surface area contributed by atoms with Gasteiger partial charge in [0.2, 0.25) is 0 Å². The van der Waals surface area contributed by atoms with Crippen LogP contribution in [0.5, 0.6) is 0 Å². The van der Waals surface area contributed by atoms with E-state index < -0.39 is 0 Å². The Hall–Kier alpha value is -0.0800. The largest absolute Gasteiger partial charge is 0.310 e. The second kappa shape index (κ2) is 7.49. The quantitative estimate of drug-likeness (QED) is 0.782. The van der Waals surface area contributed by atoms with Crippen LogP contribution in [0.4, 0.5) is 0 Å². The number of hydrogen-bond donors (Lipinski definition) is 1. The highest BCUT2D eigenvalue weighted by Gasteiger charge is 2.27. The summed E-state index contributed by atoms with van der Waals surface area (Å²) in [6.45, 7) is 10.7. The van der Waals surface area contributed by atoms with Gasteiger partial charge >= 0.3 is 0 Å². The van der Waals surface area contributed by atoms with Gasteiger partial charge in [-0.05, 0) is 51.1 Å². The molecule has 0 saturated heterocycles. The van der Waals surface area contributed by atoms with E-state index in [4.69, 9.17) is 0 Å². The molecule has 0 bridgehead atoms. The van der Waals surface area contributed by atoms with Crippen molar-refractivity contribution in [1.29, 1.82) is 0 Å². The molecule has 1 fully saturated rings. The minimum atomic E-state index is 0.651. The lowest BCUT2D eigenvalue weighted by Crippen LogP contribution is -2.49. The molecule has 0 aromatic carbocycles. The van der Waals surface area contributed by atoms with Gasteiger partial charge in [-0.3, -0.25) is 0 Å². The molecular formula is C16H34N2. The third-order valence-corrected chi connectivity index (χ3v) is 4.25. The van der Waals surface area contributed by atoms with Gasteiger partial charge in [-0.1, -0.05) is 34.1 Å². The Morgan fingerprint density at radius 1 is 1.17 bits per heavy atom. The first-order valence-corrected chi connectivity index (χ1v) is 7.79. The summed E-state index contributed by atoms with van der Waals surface area (Å²) in [5.74, 6) is 2.52. The molecule has 108 valence electrons. The van der Waals surface area contributed by atoms with Gasteiger partial charge < -0.3 is 10.2 Å². The monoisotopic (exact) mass is 254 g/mol. The molecule has 4 atom stereocenters. The Morgan fingerprint density at radius 3 is 2.39 bits per heavy atom. The lowest BCUT2D eigenvalue weighted by atomic mass is 9.79. The smallest absolute Gasteiger partial charge is 0.0199 e. The normalized spacial score (nSPS) is 31.0. The van der Waals surface area contributed by atoms with Crippen LogP contribution in [0.25, 0.3) is 0 Å². The van der Waals surface area contributed by atoms with Crippen molar-refractivity contribution in [2.75, 3.05) is 20.6 Å². The third-order valence-electron chi connectivity index (χ3n) is 4.25. The Kier molecular flexibility index (Phi) is 6.65. The molecule has 0 aromatic heterocycles. The van der Waals surface area contributed by atoms with Crippen molar-refractivity contribution in [2.45, 2.75) is 65.5 Å². The molecule has 1 saturated carbocycles. The minimum Gasteiger partial charge on any atom is -0.310 e. The van der Waals surface area contributed by atoms with E-state index >= 15 is 0 Å². The van der Waals surface area contributed by atoms with Crippen LogP contribution >= 0.6 is 0 Å². The Balaban J connectivity index is 2.51. The van der Waals surface area contributed by atoms with Gasteiger partial charge in [0.1, 0.15) is 0 Å². The maximum absolute atomic E-state index is 3.96. The predicted molar refractivity (Wildman–Crippen MR) is 80.9 cm³/mol. The number of nitrogens with zero attached hydrogens (tertiary/aromatic N) is 1. The van der Waals surface area contributed by atoms with E-state index in [2.05, 4.69) is 52.0 Å². The molecule has 0 radical (unpaired) electrons.